The molecule has 0 radical (unpaired) electrons. The van der Waals surface area contributed by atoms with E-state index in [2.05, 4.69) is 5.32 Å². The molecule has 1 rings (SSSR count). The van der Waals surface area contributed by atoms with Gasteiger partial charge >= 0.3 is 5.97 Å². The third kappa shape index (κ3) is 6.55. The fraction of sp³-hybridized carbons (Fsp3) is 0.429. The van der Waals surface area contributed by atoms with Gasteiger partial charge in [-0.25, -0.2) is 4.39 Å². The van der Waals surface area contributed by atoms with Crippen molar-refractivity contribution < 1.29 is 19.1 Å². The molecule has 116 valence electrons. The first kappa shape index (κ1) is 17.4. The van der Waals surface area contributed by atoms with Crippen LogP contribution in [-0.2, 0) is 9.59 Å². The summed E-state index contributed by atoms with van der Waals surface area (Å²) in [4.78, 5) is 24.1. The molecule has 0 fully saturated rings. The number of carboxylic acid groups (broad SMARTS) is 1. The summed E-state index contributed by atoms with van der Waals surface area (Å²) in [5, 5.41) is 11.5. The lowest BCUT2D eigenvalue weighted by atomic mass is 10.2. The number of carboxylic acids is 1. The third-order valence-corrected chi connectivity index (χ3v) is 2.99. The van der Waals surface area contributed by atoms with Crippen LogP contribution < -0.4 is 5.32 Å². The van der Waals surface area contributed by atoms with Crippen LogP contribution in [-0.4, -0.2) is 41.5 Å². The second-order valence-electron chi connectivity index (χ2n) is 4.59. The van der Waals surface area contributed by atoms with E-state index >= 15 is 0 Å². The summed E-state index contributed by atoms with van der Waals surface area (Å²) < 4.78 is 13.5. The number of benzene rings is 1. The number of amides is 1. The minimum absolute atomic E-state index is 0.0599. The van der Waals surface area contributed by atoms with Crippen LogP contribution in [0.15, 0.2) is 18.2 Å². The Kier molecular flexibility index (Phi) is 7.11. The van der Waals surface area contributed by atoms with Gasteiger partial charge in [0.05, 0.1) is 12.2 Å². The van der Waals surface area contributed by atoms with Gasteiger partial charge in [0.15, 0.2) is 0 Å². The number of hydrogen-bond donors (Lipinski definition) is 2. The fourth-order valence-electron chi connectivity index (χ4n) is 1.84. The summed E-state index contributed by atoms with van der Waals surface area (Å²) in [6.07, 6.45) is 0.885. The predicted molar refractivity (Wildman–Crippen MR) is 79.0 cm³/mol. The first-order valence-corrected chi connectivity index (χ1v) is 6.99. The predicted octanol–water partition coefficient (Wildman–Crippen LogP) is 2.60. The topological polar surface area (TPSA) is 69.6 Å². The summed E-state index contributed by atoms with van der Waals surface area (Å²) in [6.45, 7) is 2.71. The zero-order valence-corrected chi connectivity index (χ0v) is 12.5. The van der Waals surface area contributed by atoms with Crippen molar-refractivity contribution in [2.45, 2.75) is 19.8 Å². The molecule has 0 atom stereocenters. The van der Waals surface area contributed by atoms with Crippen molar-refractivity contribution in [3.8, 4) is 0 Å². The highest BCUT2D eigenvalue weighted by atomic mass is 35.5. The first-order valence-electron chi connectivity index (χ1n) is 6.61. The lowest BCUT2D eigenvalue weighted by molar-refractivity contribution is -0.138. The highest BCUT2D eigenvalue weighted by Crippen LogP contribution is 2.18. The number of carbonyl (C=O) groups is 2. The molecule has 0 aliphatic rings. The lowest BCUT2D eigenvalue weighted by Gasteiger charge is -2.18. The van der Waals surface area contributed by atoms with E-state index in [0.29, 0.717) is 13.1 Å². The highest BCUT2D eigenvalue weighted by Gasteiger charge is 2.12. The highest BCUT2D eigenvalue weighted by molar-refractivity contribution is 6.30. The summed E-state index contributed by atoms with van der Waals surface area (Å²) in [5.74, 6) is -1.91. The molecule has 0 spiro atoms. The normalized spacial score (nSPS) is 10.7. The Bertz CT molecular complexity index is 511. The van der Waals surface area contributed by atoms with Crippen molar-refractivity contribution in [3.63, 3.8) is 0 Å². The Morgan fingerprint density at radius 2 is 2.10 bits per heavy atom. The van der Waals surface area contributed by atoms with Gasteiger partial charge in [-0.3, -0.25) is 14.5 Å². The molecular weight excluding hydrogens is 299 g/mol. The maximum atomic E-state index is 13.5. The van der Waals surface area contributed by atoms with E-state index in [0.717, 1.165) is 12.5 Å². The smallest absolute Gasteiger partial charge is 0.317 e. The molecule has 7 heteroatoms. The van der Waals surface area contributed by atoms with E-state index in [-0.39, 0.29) is 29.6 Å². The molecule has 2 N–H and O–H groups in total. The zero-order chi connectivity index (χ0) is 15.8. The quantitative estimate of drug-likeness (QED) is 0.773. The number of rotatable bonds is 8. The minimum Gasteiger partial charge on any atom is -0.480 e. The zero-order valence-electron chi connectivity index (χ0n) is 11.7. The van der Waals surface area contributed by atoms with Crippen LogP contribution in [0.4, 0.5) is 10.1 Å². The Morgan fingerprint density at radius 3 is 2.67 bits per heavy atom. The first-order chi connectivity index (χ1) is 9.92. The van der Waals surface area contributed by atoms with Gasteiger partial charge < -0.3 is 10.4 Å². The molecule has 0 aliphatic heterocycles. The van der Waals surface area contributed by atoms with Crippen LogP contribution in [0.25, 0.3) is 0 Å². The standard InChI is InChI=1S/C14H18ClFN2O3/c1-2-6-18(9-14(20)21)7-5-13(19)17-12-4-3-10(15)8-11(12)16/h3-4,8H,2,5-7,9H2,1H3,(H,17,19)(H,20,21). The van der Waals surface area contributed by atoms with Gasteiger partial charge in [0.1, 0.15) is 5.82 Å². The number of hydrogen-bond acceptors (Lipinski definition) is 3. The van der Waals surface area contributed by atoms with E-state index in [1.807, 2.05) is 6.92 Å². The van der Waals surface area contributed by atoms with E-state index in [1.165, 1.54) is 12.1 Å². The second kappa shape index (κ2) is 8.59. The summed E-state index contributed by atoms with van der Waals surface area (Å²) in [6, 6.07) is 3.98. The number of aliphatic carboxylic acids is 1. The Labute approximate surface area is 127 Å². The van der Waals surface area contributed by atoms with Gasteiger partial charge in [-0.05, 0) is 31.2 Å². The molecule has 1 aromatic carbocycles. The molecule has 0 bridgehead atoms. The van der Waals surface area contributed by atoms with E-state index < -0.39 is 11.8 Å². The average molecular weight is 317 g/mol. The second-order valence-corrected chi connectivity index (χ2v) is 5.03. The van der Waals surface area contributed by atoms with Crippen molar-refractivity contribution in [1.29, 1.82) is 0 Å². The number of nitrogens with one attached hydrogen (secondary N) is 1. The van der Waals surface area contributed by atoms with Gasteiger partial charge in [-0.1, -0.05) is 18.5 Å². The average Bonchev–Trinajstić information content (AvgIpc) is 2.39. The van der Waals surface area contributed by atoms with Crippen LogP contribution in [0.5, 0.6) is 0 Å². The Hall–Kier alpha value is -1.66. The van der Waals surface area contributed by atoms with Crippen molar-refractivity contribution in [3.05, 3.63) is 29.0 Å². The summed E-state index contributed by atoms with van der Waals surface area (Å²) in [7, 11) is 0. The molecule has 5 nitrogen and oxygen atoms in total. The van der Waals surface area contributed by atoms with Crippen LogP contribution in [0.1, 0.15) is 19.8 Å². The van der Waals surface area contributed by atoms with Crippen molar-refractivity contribution in [1.82, 2.24) is 4.90 Å². The van der Waals surface area contributed by atoms with Crippen LogP contribution in [0, 0.1) is 5.82 Å². The third-order valence-electron chi connectivity index (χ3n) is 2.76. The number of halogens is 2. The van der Waals surface area contributed by atoms with Gasteiger partial charge in [0.2, 0.25) is 5.91 Å². The number of nitrogens with zero attached hydrogens (tertiary/aromatic N) is 1. The van der Waals surface area contributed by atoms with Crippen molar-refractivity contribution in [2.24, 2.45) is 0 Å². The van der Waals surface area contributed by atoms with Crippen LogP contribution in [0.3, 0.4) is 0 Å². The largest absolute Gasteiger partial charge is 0.480 e. The van der Waals surface area contributed by atoms with E-state index in [1.54, 1.807) is 4.90 Å². The van der Waals surface area contributed by atoms with E-state index in [4.69, 9.17) is 16.7 Å². The maximum absolute atomic E-state index is 13.5. The summed E-state index contributed by atoms with van der Waals surface area (Å²) in [5.41, 5.74) is 0.0599. The Morgan fingerprint density at radius 1 is 1.38 bits per heavy atom. The minimum atomic E-state index is -0.937. The molecule has 0 aliphatic carbocycles. The van der Waals surface area contributed by atoms with Gasteiger partial charge in [0.25, 0.3) is 0 Å². The fourth-order valence-corrected chi connectivity index (χ4v) is 2.00. The molecule has 0 aromatic heterocycles. The van der Waals surface area contributed by atoms with Crippen LogP contribution in [0.2, 0.25) is 5.02 Å². The van der Waals surface area contributed by atoms with Gasteiger partial charge in [-0.15, -0.1) is 0 Å². The molecule has 21 heavy (non-hydrogen) atoms. The maximum Gasteiger partial charge on any atom is 0.317 e. The molecule has 0 unspecified atom stereocenters. The SMILES string of the molecule is CCCN(CCC(=O)Nc1ccc(Cl)cc1F)CC(=O)O. The Balaban J connectivity index is 2.50. The van der Waals surface area contributed by atoms with Crippen molar-refractivity contribution >= 4 is 29.2 Å². The lowest BCUT2D eigenvalue weighted by Crippen LogP contribution is -2.33. The molecule has 0 saturated carbocycles. The monoisotopic (exact) mass is 316 g/mol. The van der Waals surface area contributed by atoms with Crippen LogP contribution >= 0.6 is 11.6 Å². The molecule has 1 amide bonds. The molecule has 0 heterocycles. The van der Waals surface area contributed by atoms with Gasteiger partial charge in [0, 0.05) is 18.0 Å². The number of anilines is 1. The van der Waals surface area contributed by atoms with Gasteiger partial charge in [-0.2, -0.15) is 0 Å². The van der Waals surface area contributed by atoms with E-state index in [9.17, 15) is 14.0 Å². The molecule has 0 saturated heterocycles. The molecular formula is C14H18ClFN2O3. The number of carbonyl (C=O) groups excluding carboxylic acids is 1. The van der Waals surface area contributed by atoms with Crippen molar-refractivity contribution in [2.75, 3.05) is 25.0 Å². The molecule has 1 aromatic rings. The summed E-state index contributed by atoms with van der Waals surface area (Å²) >= 11 is 5.62.